The third-order valence-electron chi connectivity index (χ3n) is 4.31. The van der Waals surface area contributed by atoms with E-state index >= 15 is 0 Å². The highest BCUT2D eigenvalue weighted by atomic mass is 16.5. The fourth-order valence-corrected chi connectivity index (χ4v) is 3.15. The Kier molecular flexibility index (Phi) is 3.92. The molecule has 0 bridgehead atoms. The molecule has 2 aliphatic rings. The van der Waals surface area contributed by atoms with Crippen LogP contribution in [-0.4, -0.2) is 13.2 Å². The zero-order valence-corrected chi connectivity index (χ0v) is 11.4. The van der Waals surface area contributed by atoms with Crippen molar-refractivity contribution in [3.63, 3.8) is 0 Å². The van der Waals surface area contributed by atoms with Gasteiger partial charge in [0.15, 0.2) is 11.5 Å². The summed E-state index contributed by atoms with van der Waals surface area (Å²) in [5.41, 5.74) is 7.64. The summed E-state index contributed by atoms with van der Waals surface area (Å²) in [5, 5.41) is 0. The monoisotopic (exact) mass is 261 g/mol. The van der Waals surface area contributed by atoms with E-state index in [9.17, 15) is 0 Å². The number of benzene rings is 1. The lowest BCUT2D eigenvalue weighted by molar-refractivity contribution is 0.296. The molecular weight excluding hydrogens is 238 g/mol. The molecule has 1 fully saturated rings. The smallest absolute Gasteiger partial charge is 0.161 e. The second-order valence-electron chi connectivity index (χ2n) is 5.68. The molecule has 3 nitrogen and oxygen atoms in total. The lowest BCUT2D eigenvalue weighted by Gasteiger charge is -2.28. The predicted molar refractivity (Wildman–Crippen MR) is 75.6 cm³/mol. The SMILES string of the molecule is NC(c1ccc2c(c1)OCCCO2)C1CCCCC1. The van der Waals surface area contributed by atoms with Gasteiger partial charge in [0.05, 0.1) is 13.2 Å². The van der Waals surface area contributed by atoms with Crippen LogP contribution in [0.4, 0.5) is 0 Å². The Labute approximate surface area is 115 Å². The first-order valence-corrected chi connectivity index (χ1v) is 7.50. The molecule has 0 saturated heterocycles. The van der Waals surface area contributed by atoms with Crippen molar-refractivity contribution in [3.8, 4) is 11.5 Å². The Hall–Kier alpha value is -1.22. The molecule has 1 aliphatic carbocycles. The van der Waals surface area contributed by atoms with Gasteiger partial charge in [-0.05, 0) is 36.5 Å². The summed E-state index contributed by atoms with van der Waals surface area (Å²) in [6, 6.07) is 6.34. The van der Waals surface area contributed by atoms with Gasteiger partial charge in [-0.3, -0.25) is 0 Å². The van der Waals surface area contributed by atoms with Gasteiger partial charge in [-0.1, -0.05) is 25.3 Å². The molecule has 1 unspecified atom stereocenters. The van der Waals surface area contributed by atoms with Crippen LogP contribution in [0.15, 0.2) is 18.2 Å². The van der Waals surface area contributed by atoms with Gasteiger partial charge in [-0.25, -0.2) is 0 Å². The summed E-state index contributed by atoms with van der Waals surface area (Å²) in [4.78, 5) is 0. The summed E-state index contributed by atoms with van der Waals surface area (Å²) >= 11 is 0. The second-order valence-corrected chi connectivity index (χ2v) is 5.68. The fourth-order valence-electron chi connectivity index (χ4n) is 3.15. The minimum Gasteiger partial charge on any atom is -0.490 e. The molecule has 0 amide bonds. The van der Waals surface area contributed by atoms with Crippen LogP contribution < -0.4 is 15.2 Å². The van der Waals surface area contributed by atoms with E-state index in [1.165, 1.54) is 37.7 Å². The van der Waals surface area contributed by atoms with E-state index in [0.717, 1.165) is 31.1 Å². The Morgan fingerprint density at radius 2 is 1.68 bits per heavy atom. The topological polar surface area (TPSA) is 44.5 Å². The molecule has 0 radical (unpaired) electrons. The van der Waals surface area contributed by atoms with Crippen molar-refractivity contribution < 1.29 is 9.47 Å². The quantitative estimate of drug-likeness (QED) is 0.887. The number of hydrogen-bond acceptors (Lipinski definition) is 3. The van der Waals surface area contributed by atoms with Gasteiger partial charge in [0.1, 0.15) is 0 Å². The molecule has 0 aromatic heterocycles. The summed E-state index contributed by atoms with van der Waals surface area (Å²) in [5.74, 6) is 2.34. The predicted octanol–water partition coefficient (Wildman–Crippen LogP) is 3.43. The Balaban J connectivity index is 1.78. The summed E-state index contributed by atoms with van der Waals surface area (Å²) < 4.78 is 11.4. The maximum absolute atomic E-state index is 6.45. The molecule has 2 N–H and O–H groups in total. The molecule has 1 aromatic carbocycles. The first-order valence-electron chi connectivity index (χ1n) is 7.50. The average molecular weight is 261 g/mol. The Morgan fingerprint density at radius 1 is 0.947 bits per heavy atom. The van der Waals surface area contributed by atoms with Crippen LogP contribution in [0.2, 0.25) is 0 Å². The highest BCUT2D eigenvalue weighted by Crippen LogP contribution is 2.37. The van der Waals surface area contributed by atoms with Crippen molar-refractivity contribution in [1.82, 2.24) is 0 Å². The summed E-state index contributed by atoms with van der Waals surface area (Å²) in [6.45, 7) is 1.47. The van der Waals surface area contributed by atoms with Crippen molar-refractivity contribution in [2.24, 2.45) is 11.7 Å². The normalized spacial score (nSPS) is 21.7. The number of nitrogens with two attached hydrogens (primary N) is 1. The molecule has 1 saturated carbocycles. The molecular formula is C16H23NO2. The van der Waals surface area contributed by atoms with Gasteiger partial charge < -0.3 is 15.2 Å². The Bertz CT molecular complexity index is 427. The average Bonchev–Trinajstić information content (AvgIpc) is 2.72. The van der Waals surface area contributed by atoms with Gasteiger partial charge >= 0.3 is 0 Å². The van der Waals surface area contributed by atoms with Gasteiger partial charge in [0.2, 0.25) is 0 Å². The maximum atomic E-state index is 6.45. The van der Waals surface area contributed by atoms with Gasteiger partial charge in [0.25, 0.3) is 0 Å². The zero-order valence-electron chi connectivity index (χ0n) is 11.4. The van der Waals surface area contributed by atoms with E-state index in [-0.39, 0.29) is 6.04 Å². The van der Waals surface area contributed by atoms with Crippen molar-refractivity contribution >= 4 is 0 Å². The molecule has 1 aromatic rings. The highest BCUT2D eigenvalue weighted by molar-refractivity contribution is 5.44. The third-order valence-corrected chi connectivity index (χ3v) is 4.31. The summed E-state index contributed by atoms with van der Waals surface area (Å²) in [7, 11) is 0. The summed E-state index contributed by atoms with van der Waals surface area (Å²) in [6.07, 6.45) is 7.47. The maximum Gasteiger partial charge on any atom is 0.161 e. The second kappa shape index (κ2) is 5.83. The number of fused-ring (bicyclic) bond motifs is 1. The van der Waals surface area contributed by atoms with Gasteiger partial charge in [0, 0.05) is 12.5 Å². The highest BCUT2D eigenvalue weighted by Gasteiger charge is 2.23. The van der Waals surface area contributed by atoms with Gasteiger partial charge in [-0.2, -0.15) is 0 Å². The standard InChI is InChI=1S/C16H23NO2/c17-16(12-5-2-1-3-6-12)13-7-8-14-15(11-13)19-10-4-9-18-14/h7-8,11-12,16H,1-6,9-10,17H2. The van der Waals surface area contributed by atoms with E-state index in [2.05, 4.69) is 12.1 Å². The zero-order chi connectivity index (χ0) is 13.1. The number of ether oxygens (including phenoxy) is 2. The van der Waals surface area contributed by atoms with Crippen molar-refractivity contribution in [3.05, 3.63) is 23.8 Å². The number of rotatable bonds is 2. The van der Waals surface area contributed by atoms with Crippen LogP contribution in [0, 0.1) is 5.92 Å². The molecule has 1 heterocycles. The molecule has 3 heteroatoms. The van der Waals surface area contributed by atoms with Crippen molar-refractivity contribution in [2.75, 3.05) is 13.2 Å². The van der Waals surface area contributed by atoms with E-state index in [4.69, 9.17) is 15.2 Å². The first-order chi connectivity index (χ1) is 9.34. The van der Waals surface area contributed by atoms with Crippen LogP contribution in [0.5, 0.6) is 11.5 Å². The molecule has 0 spiro atoms. The van der Waals surface area contributed by atoms with Gasteiger partial charge in [-0.15, -0.1) is 0 Å². The lowest BCUT2D eigenvalue weighted by Crippen LogP contribution is -2.23. The fraction of sp³-hybridized carbons (Fsp3) is 0.625. The van der Waals surface area contributed by atoms with E-state index < -0.39 is 0 Å². The molecule has 1 atom stereocenters. The first kappa shape index (κ1) is 12.8. The molecule has 19 heavy (non-hydrogen) atoms. The van der Waals surface area contributed by atoms with Crippen LogP contribution in [-0.2, 0) is 0 Å². The van der Waals surface area contributed by atoms with E-state index in [1.54, 1.807) is 0 Å². The molecule has 3 rings (SSSR count). The van der Waals surface area contributed by atoms with Crippen LogP contribution in [0.25, 0.3) is 0 Å². The molecule has 104 valence electrons. The van der Waals surface area contributed by atoms with Crippen LogP contribution in [0.3, 0.4) is 0 Å². The minimum absolute atomic E-state index is 0.137. The Morgan fingerprint density at radius 3 is 2.47 bits per heavy atom. The van der Waals surface area contributed by atoms with Crippen molar-refractivity contribution in [2.45, 2.75) is 44.6 Å². The third kappa shape index (κ3) is 2.86. The van der Waals surface area contributed by atoms with Crippen LogP contribution in [0.1, 0.15) is 50.1 Å². The minimum atomic E-state index is 0.137. The number of hydrogen-bond donors (Lipinski definition) is 1. The largest absolute Gasteiger partial charge is 0.490 e. The van der Waals surface area contributed by atoms with E-state index in [1.807, 2.05) is 6.07 Å². The molecule has 1 aliphatic heterocycles. The van der Waals surface area contributed by atoms with Crippen LogP contribution >= 0.6 is 0 Å². The van der Waals surface area contributed by atoms with Crippen molar-refractivity contribution in [1.29, 1.82) is 0 Å². The lowest BCUT2D eigenvalue weighted by atomic mass is 9.81. The van der Waals surface area contributed by atoms with E-state index in [0.29, 0.717) is 5.92 Å².